The van der Waals surface area contributed by atoms with E-state index in [4.69, 9.17) is 16.3 Å². The summed E-state index contributed by atoms with van der Waals surface area (Å²) in [6.45, 7) is 0.557. The van der Waals surface area contributed by atoms with Crippen molar-refractivity contribution in [1.82, 2.24) is 4.57 Å². The number of fused-ring (bicyclic) bond motifs is 1. The standard InChI is InChI=1S/C18H18ClNO3/c19-14-5-7-16(8-6-14)23-12-15(22)10-20-9-13(11-21)17-3-1-2-4-18(17)20/h1-9,15,21-22H,10-12H2/t15-/m0/s1. The van der Waals surface area contributed by atoms with Crippen molar-refractivity contribution >= 4 is 22.5 Å². The fourth-order valence-corrected chi connectivity index (χ4v) is 2.73. The van der Waals surface area contributed by atoms with Gasteiger partial charge in [-0.05, 0) is 30.3 Å². The number of ether oxygens (including phenoxy) is 1. The summed E-state index contributed by atoms with van der Waals surface area (Å²) in [4.78, 5) is 0. The van der Waals surface area contributed by atoms with Crippen LogP contribution in [0.5, 0.6) is 5.75 Å². The predicted octanol–water partition coefficient (Wildman–Crippen LogP) is 3.23. The Morgan fingerprint density at radius 3 is 2.57 bits per heavy atom. The molecule has 0 aliphatic rings. The van der Waals surface area contributed by atoms with Crippen molar-refractivity contribution in [3.8, 4) is 5.75 Å². The van der Waals surface area contributed by atoms with Crippen LogP contribution in [-0.2, 0) is 13.2 Å². The third kappa shape index (κ3) is 3.67. The van der Waals surface area contributed by atoms with Gasteiger partial charge in [0.1, 0.15) is 18.5 Å². The van der Waals surface area contributed by atoms with Crippen molar-refractivity contribution < 1.29 is 14.9 Å². The summed E-state index contributed by atoms with van der Waals surface area (Å²) in [5.74, 6) is 0.668. The molecular formula is C18H18ClNO3. The van der Waals surface area contributed by atoms with Crippen LogP contribution in [0.25, 0.3) is 10.9 Å². The highest BCUT2D eigenvalue weighted by Gasteiger charge is 2.12. The number of aliphatic hydroxyl groups is 2. The zero-order chi connectivity index (χ0) is 16.2. The number of halogens is 1. The minimum absolute atomic E-state index is 0.0229. The maximum atomic E-state index is 10.2. The lowest BCUT2D eigenvalue weighted by Gasteiger charge is -2.14. The Kier molecular flexibility index (Phi) is 4.86. The first-order valence-corrected chi connectivity index (χ1v) is 7.79. The SMILES string of the molecule is OCc1cn(C[C@H](O)COc2ccc(Cl)cc2)c2ccccc12. The van der Waals surface area contributed by atoms with E-state index in [9.17, 15) is 10.2 Å². The first-order valence-electron chi connectivity index (χ1n) is 7.41. The van der Waals surface area contributed by atoms with Crippen LogP contribution in [0.1, 0.15) is 5.56 Å². The van der Waals surface area contributed by atoms with Crippen molar-refractivity contribution in [3.63, 3.8) is 0 Å². The Morgan fingerprint density at radius 2 is 1.83 bits per heavy atom. The molecule has 2 N–H and O–H groups in total. The number of aliphatic hydroxyl groups excluding tert-OH is 2. The lowest BCUT2D eigenvalue weighted by molar-refractivity contribution is 0.0935. The van der Waals surface area contributed by atoms with Gasteiger partial charge in [-0.25, -0.2) is 0 Å². The molecule has 0 fully saturated rings. The van der Waals surface area contributed by atoms with Gasteiger partial charge < -0.3 is 19.5 Å². The van der Waals surface area contributed by atoms with Crippen LogP contribution >= 0.6 is 11.6 Å². The summed E-state index contributed by atoms with van der Waals surface area (Å²) >= 11 is 5.82. The van der Waals surface area contributed by atoms with Crippen LogP contribution in [0.15, 0.2) is 54.7 Å². The van der Waals surface area contributed by atoms with E-state index in [1.807, 2.05) is 35.0 Å². The molecule has 0 unspecified atom stereocenters. The van der Waals surface area contributed by atoms with Gasteiger partial charge in [0.2, 0.25) is 0 Å². The number of nitrogens with zero attached hydrogens (tertiary/aromatic N) is 1. The average Bonchev–Trinajstić information content (AvgIpc) is 2.92. The van der Waals surface area contributed by atoms with E-state index < -0.39 is 6.10 Å². The number of hydrogen-bond donors (Lipinski definition) is 2. The van der Waals surface area contributed by atoms with Crippen LogP contribution in [0, 0.1) is 0 Å². The number of hydrogen-bond acceptors (Lipinski definition) is 3. The molecule has 0 bridgehead atoms. The van der Waals surface area contributed by atoms with Gasteiger partial charge in [0, 0.05) is 27.7 Å². The van der Waals surface area contributed by atoms with Gasteiger partial charge in [-0.1, -0.05) is 29.8 Å². The summed E-state index contributed by atoms with van der Waals surface area (Å²) in [6.07, 6.45) is 1.21. The highest BCUT2D eigenvalue weighted by molar-refractivity contribution is 6.30. The first-order chi connectivity index (χ1) is 11.2. The maximum Gasteiger partial charge on any atom is 0.119 e. The highest BCUT2D eigenvalue weighted by Crippen LogP contribution is 2.22. The van der Waals surface area contributed by atoms with Crippen LogP contribution in [0.4, 0.5) is 0 Å². The smallest absolute Gasteiger partial charge is 0.119 e. The van der Waals surface area contributed by atoms with Crippen molar-refractivity contribution in [1.29, 1.82) is 0 Å². The number of rotatable bonds is 6. The van der Waals surface area contributed by atoms with E-state index in [1.165, 1.54) is 0 Å². The van der Waals surface area contributed by atoms with Crippen LogP contribution < -0.4 is 4.74 Å². The third-order valence-corrected chi connectivity index (χ3v) is 3.96. The molecule has 23 heavy (non-hydrogen) atoms. The van der Waals surface area contributed by atoms with Crippen molar-refractivity contribution in [2.75, 3.05) is 6.61 Å². The van der Waals surface area contributed by atoms with E-state index in [2.05, 4.69) is 0 Å². The van der Waals surface area contributed by atoms with Crippen molar-refractivity contribution in [2.45, 2.75) is 19.3 Å². The number of benzene rings is 2. The first kappa shape index (κ1) is 15.9. The molecule has 1 aromatic heterocycles. The molecule has 0 radical (unpaired) electrons. The van der Waals surface area contributed by atoms with E-state index in [-0.39, 0.29) is 13.2 Å². The molecule has 0 amide bonds. The summed E-state index contributed by atoms with van der Waals surface area (Å²) in [6, 6.07) is 14.8. The van der Waals surface area contributed by atoms with Crippen LogP contribution in [-0.4, -0.2) is 27.5 Å². The Morgan fingerprint density at radius 1 is 1.09 bits per heavy atom. The summed E-state index contributed by atoms with van der Waals surface area (Å²) in [7, 11) is 0. The third-order valence-electron chi connectivity index (χ3n) is 3.70. The number of para-hydroxylation sites is 1. The lowest BCUT2D eigenvalue weighted by Crippen LogP contribution is -2.23. The molecule has 120 valence electrons. The molecule has 1 heterocycles. The molecule has 1 atom stereocenters. The van der Waals surface area contributed by atoms with Crippen molar-refractivity contribution in [2.24, 2.45) is 0 Å². The Labute approximate surface area is 139 Å². The highest BCUT2D eigenvalue weighted by atomic mass is 35.5. The maximum absolute atomic E-state index is 10.2. The van der Waals surface area contributed by atoms with Gasteiger partial charge in [-0.15, -0.1) is 0 Å². The molecule has 3 rings (SSSR count). The Bertz CT molecular complexity index is 783. The molecule has 0 spiro atoms. The van der Waals surface area contributed by atoms with E-state index in [0.717, 1.165) is 16.5 Å². The number of aromatic nitrogens is 1. The Balaban J connectivity index is 1.68. The summed E-state index contributed by atoms with van der Waals surface area (Å²) in [5, 5.41) is 21.3. The zero-order valence-electron chi connectivity index (χ0n) is 12.5. The fourth-order valence-electron chi connectivity index (χ4n) is 2.60. The van der Waals surface area contributed by atoms with E-state index >= 15 is 0 Å². The molecule has 4 nitrogen and oxygen atoms in total. The minimum Gasteiger partial charge on any atom is -0.491 e. The van der Waals surface area contributed by atoms with Gasteiger partial charge in [0.05, 0.1) is 13.2 Å². The topological polar surface area (TPSA) is 54.6 Å². The molecule has 3 aromatic rings. The van der Waals surface area contributed by atoms with E-state index in [1.54, 1.807) is 24.3 Å². The largest absolute Gasteiger partial charge is 0.491 e. The zero-order valence-corrected chi connectivity index (χ0v) is 13.3. The van der Waals surface area contributed by atoms with Gasteiger partial charge >= 0.3 is 0 Å². The molecule has 5 heteroatoms. The molecular weight excluding hydrogens is 314 g/mol. The van der Waals surface area contributed by atoms with Gasteiger partial charge in [-0.3, -0.25) is 0 Å². The lowest BCUT2D eigenvalue weighted by atomic mass is 10.2. The molecule has 0 saturated carbocycles. The Hall–Kier alpha value is -2.01. The normalized spacial score (nSPS) is 12.5. The van der Waals surface area contributed by atoms with Gasteiger partial charge in [0.15, 0.2) is 0 Å². The molecule has 0 saturated heterocycles. The molecule has 0 aliphatic carbocycles. The molecule has 0 aliphatic heterocycles. The fraction of sp³-hybridized carbons (Fsp3) is 0.222. The molecule has 2 aromatic carbocycles. The van der Waals surface area contributed by atoms with Crippen LogP contribution in [0.2, 0.25) is 5.02 Å². The van der Waals surface area contributed by atoms with Gasteiger partial charge in [-0.2, -0.15) is 0 Å². The summed E-state index contributed by atoms with van der Waals surface area (Å²) < 4.78 is 7.51. The minimum atomic E-state index is -0.659. The summed E-state index contributed by atoms with van der Waals surface area (Å²) in [5.41, 5.74) is 1.84. The second-order valence-electron chi connectivity index (χ2n) is 5.40. The van der Waals surface area contributed by atoms with Crippen molar-refractivity contribution in [3.05, 3.63) is 65.3 Å². The second-order valence-corrected chi connectivity index (χ2v) is 5.84. The monoisotopic (exact) mass is 331 g/mol. The van der Waals surface area contributed by atoms with Gasteiger partial charge in [0.25, 0.3) is 0 Å². The quantitative estimate of drug-likeness (QED) is 0.729. The average molecular weight is 332 g/mol. The second kappa shape index (κ2) is 7.04. The van der Waals surface area contributed by atoms with Crippen LogP contribution in [0.3, 0.4) is 0 Å². The predicted molar refractivity (Wildman–Crippen MR) is 90.8 cm³/mol. The van der Waals surface area contributed by atoms with E-state index in [0.29, 0.717) is 17.3 Å².